The van der Waals surface area contributed by atoms with Gasteiger partial charge >= 0.3 is 5.97 Å². The summed E-state index contributed by atoms with van der Waals surface area (Å²) in [6.07, 6.45) is 0.697. The number of carbonyl (C=O) groups excluding carboxylic acids is 3. The number of methoxy groups -OCH3 is 1. The zero-order chi connectivity index (χ0) is 20.8. The Morgan fingerprint density at radius 1 is 1.14 bits per heavy atom. The van der Waals surface area contributed by atoms with E-state index in [0.717, 1.165) is 0 Å². The van der Waals surface area contributed by atoms with E-state index in [1.54, 1.807) is 45.2 Å². The van der Waals surface area contributed by atoms with Crippen molar-refractivity contribution in [2.24, 2.45) is 0 Å². The number of aryl methyl sites for hydroxylation is 1. The summed E-state index contributed by atoms with van der Waals surface area (Å²) in [5.74, 6) is -1.37. The molecule has 0 bridgehead atoms. The summed E-state index contributed by atoms with van der Waals surface area (Å²) in [6.45, 7) is 7.31. The number of benzene rings is 1. The molecule has 0 spiro atoms. The molecule has 2 N–H and O–H groups in total. The Balaban J connectivity index is 2.58. The molecule has 0 fully saturated rings. The molecule has 150 valence electrons. The number of amides is 1. The molecule has 0 aliphatic carbocycles. The highest BCUT2D eigenvalue weighted by atomic mass is 16.5. The van der Waals surface area contributed by atoms with Gasteiger partial charge in [0.2, 0.25) is 0 Å². The number of H-pyrrole nitrogens is 1. The molecule has 7 nitrogen and oxygen atoms in total. The van der Waals surface area contributed by atoms with Crippen LogP contribution < -0.4 is 10.1 Å². The second-order valence-electron chi connectivity index (χ2n) is 6.44. The van der Waals surface area contributed by atoms with Crippen LogP contribution in [0, 0.1) is 6.92 Å². The zero-order valence-electron chi connectivity index (χ0n) is 16.8. The van der Waals surface area contributed by atoms with E-state index < -0.39 is 17.7 Å². The van der Waals surface area contributed by atoms with Crippen LogP contribution in [0.3, 0.4) is 0 Å². The fourth-order valence-corrected chi connectivity index (χ4v) is 2.81. The second-order valence-corrected chi connectivity index (χ2v) is 6.44. The molecule has 2 rings (SSSR count). The molecular formula is C21H26N2O5. The Kier molecular flexibility index (Phi) is 6.98. The van der Waals surface area contributed by atoms with E-state index >= 15 is 0 Å². The van der Waals surface area contributed by atoms with Gasteiger partial charge in [-0.05, 0) is 44.9 Å². The minimum atomic E-state index is -0.732. The minimum Gasteiger partial charge on any atom is -0.497 e. The van der Waals surface area contributed by atoms with Gasteiger partial charge in [-0.15, -0.1) is 0 Å². The molecular weight excluding hydrogens is 360 g/mol. The first-order valence-electron chi connectivity index (χ1n) is 9.23. The lowest BCUT2D eigenvalue weighted by Gasteiger charge is -2.11. The van der Waals surface area contributed by atoms with Gasteiger partial charge in [0.05, 0.1) is 19.3 Å². The Morgan fingerprint density at radius 2 is 1.79 bits per heavy atom. The number of nitrogens with one attached hydrogen (secondary N) is 2. The molecule has 0 saturated heterocycles. The van der Waals surface area contributed by atoms with Crippen molar-refractivity contribution < 1.29 is 23.9 Å². The third-order valence-electron chi connectivity index (χ3n) is 4.47. The van der Waals surface area contributed by atoms with Gasteiger partial charge in [-0.1, -0.05) is 19.1 Å². The van der Waals surface area contributed by atoms with Gasteiger partial charge in [0.15, 0.2) is 0 Å². The molecule has 1 amide bonds. The molecule has 1 heterocycles. The summed E-state index contributed by atoms with van der Waals surface area (Å²) >= 11 is 0. The number of ketones is 1. The number of aromatic amines is 1. The average molecular weight is 386 g/mol. The maximum absolute atomic E-state index is 12.8. The Hall–Kier alpha value is -3.09. The van der Waals surface area contributed by atoms with Crippen molar-refractivity contribution in [2.45, 2.75) is 40.2 Å². The molecule has 0 saturated carbocycles. The van der Waals surface area contributed by atoms with Crippen LogP contribution in [0.2, 0.25) is 0 Å². The summed E-state index contributed by atoms with van der Waals surface area (Å²) in [7, 11) is 1.55. The predicted molar refractivity (Wildman–Crippen MR) is 106 cm³/mol. The molecule has 2 aromatic rings. The van der Waals surface area contributed by atoms with Gasteiger partial charge in [0, 0.05) is 17.3 Å². The Morgan fingerprint density at radius 3 is 2.32 bits per heavy atom. The standard InChI is InChI=1S/C21H26N2O5/c1-6-12(3)22-20(25)19(24)18-17(14-8-10-15(27-5)11-9-14)16(13(4)23-18)21(26)28-7-2/h8-12,23H,6-7H2,1-5H3,(H,22,25)/t12-/m1/s1. The summed E-state index contributed by atoms with van der Waals surface area (Å²) in [5, 5.41) is 2.66. The van der Waals surface area contributed by atoms with Crippen molar-refractivity contribution in [3.63, 3.8) is 0 Å². The number of esters is 1. The topological polar surface area (TPSA) is 97.5 Å². The predicted octanol–water partition coefficient (Wildman–Crippen LogP) is 3.27. The number of carbonyl (C=O) groups is 3. The smallest absolute Gasteiger partial charge is 0.340 e. The fraction of sp³-hybridized carbons (Fsp3) is 0.381. The van der Waals surface area contributed by atoms with Crippen LogP contribution in [0.15, 0.2) is 24.3 Å². The number of rotatable bonds is 8. The van der Waals surface area contributed by atoms with Crippen LogP contribution >= 0.6 is 0 Å². The summed E-state index contributed by atoms with van der Waals surface area (Å²) < 4.78 is 10.3. The van der Waals surface area contributed by atoms with E-state index in [1.165, 1.54) is 0 Å². The first-order valence-corrected chi connectivity index (χ1v) is 9.23. The summed E-state index contributed by atoms with van der Waals surface area (Å²) in [6, 6.07) is 6.77. The van der Waals surface area contributed by atoms with Gasteiger partial charge in [0.1, 0.15) is 11.4 Å². The van der Waals surface area contributed by atoms with Crippen LogP contribution in [-0.4, -0.2) is 42.4 Å². The number of hydrogen-bond acceptors (Lipinski definition) is 5. The van der Waals surface area contributed by atoms with Crippen LogP contribution in [0.5, 0.6) is 5.75 Å². The van der Waals surface area contributed by atoms with Crippen molar-refractivity contribution in [1.29, 1.82) is 0 Å². The van der Waals surface area contributed by atoms with Gasteiger partial charge < -0.3 is 19.8 Å². The van der Waals surface area contributed by atoms with Crippen molar-refractivity contribution in [3.8, 4) is 16.9 Å². The van der Waals surface area contributed by atoms with Gasteiger partial charge in [-0.25, -0.2) is 4.79 Å². The van der Waals surface area contributed by atoms with Gasteiger partial charge in [-0.3, -0.25) is 9.59 Å². The van der Waals surface area contributed by atoms with E-state index in [1.807, 2.05) is 13.8 Å². The summed E-state index contributed by atoms with van der Waals surface area (Å²) in [4.78, 5) is 40.7. The lowest BCUT2D eigenvalue weighted by atomic mass is 9.98. The molecule has 7 heteroatoms. The van der Waals surface area contributed by atoms with E-state index in [-0.39, 0.29) is 23.9 Å². The van der Waals surface area contributed by atoms with E-state index in [9.17, 15) is 14.4 Å². The average Bonchev–Trinajstić information content (AvgIpc) is 3.04. The maximum Gasteiger partial charge on any atom is 0.340 e. The van der Waals surface area contributed by atoms with Crippen LogP contribution in [-0.2, 0) is 9.53 Å². The van der Waals surface area contributed by atoms with E-state index in [4.69, 9.17) is 9.47 Å². The highest BCUT2D eigenvalue weighted by Crippen LogP contribution is 2.32. The first kappa shape index (κ1) is 21.2. The van der Waals surface area contributed by atoms with Crippen LogP contribution in [0.1, 0.15) is 53.7 Å². The number of Topliss-reactive ketones (excluding diaryl/α,β-unsaturated/α-hetero) is 1. The largest absolute Gasteiger partial charge is 0.497 e. The molecule has 0 aliphatic rings. The van der Waals surface area contributed by atoms with E-state index in [2.05, 4.69) is 10.3 Å². The van der Waals surface area contributed by atoms with E-state index in [0.29, 0.717) is 29.0 Å². The van der Waals surface area contributed by atoms with Crippen molar-refractivity contribution in [2.75, 3.05) is 13.7 Å². The molecule has 0 aliphatic heterocycles. The minimum absolute atomic E-state index is 0.0616. The monoisotopic (exact) mass is 386 g/mol. The molecule has 1 aromatic carbocycles. The zero-order valence-corrected chi connectivity index (χ0v) is 16.8. The molecule has 1 aromatic heterocycles. The fourth-order valence-electron chi connectivity index (χ4n) is 2.81. The molecule has 1 atom stereocenters. The number of aromatic nitrogens is 1. The number of ether oxygens (including phenoxy) is 2. The third kappa shape index (κ3) is 4.42. The van der Waals surface area contributed by atoms with Crippen molar-refractivity contribution in [3.05, 3.63) is 41.2 Å². The first-order chi connectivity index (χ1) is 13.3. The highest BCUT2D eigenvalue weighted by molar-refractivity contribution is 6.44. The molecule has 28 heavy (non-hydrogen) atoms. The Bertz CT molecular complexity index is 868. The lowest BCUT2D eigenvalue weighted by Crippen LogP contribution is -2.37. The third-order valence-corrected chi connectivity index (χ3v) is 4.47. The number of hydrogen-bond donors (Lipinski definition) is 2. The van der Waals surface area contributed by atoms with Gasteiger partial charge in [0.25, 0.3) is 11.7 Å². The normalized spacial score (nSPS) is 11.6. The SMILES string of the molecule is CCOC(=O)c1c(C)[nH]c(C(=O)C(=O)N[C@H](C)CC)c1-c1ccc(OC)cc1. The Labute approximate surface area is 164 Å². The lowest BCUT2D eigenvalue weighted by molar-refractivity contribution is -0.117. The summed E-state index contributed by atoms with van der Waals surface area (Å²) in [5.41, 5.74) is 1.72. The highest BCUT2D eigenvalue weighted by Gasteiger charge is 2.30. The molecule has 0 radical (unpaired) electrons. The maximum atomic E-state index is 12.8. The van der Waals surface area contributed by atoms with Crippen molar-refractivity contribution >= 4 is 17.7 Å². The molecule has 0 unspecified atom stereocenters. The second kappa shape index (κ2) is 9.21. The van der Waals surface area contributed by atoms with Crippen molar-refractivity contribution in [1.82, 2.24) is 10.3 Å². The van der Waals surface area contributed by atoms with Crippen LogP contribution in [0.25, 0.3) is 11.1 Å². The van der Waals surface area contributed by atoms with Crippen LogP contribution in [0.4, 0.5) is 0 Å². The van der Waals surface area contributed by atoms with Gasteiger partial charge in [-0.2, -0.15) is 0 Å². The quantitative estimate of drug-likeness (QED) is 0.412.